The van der Waals surface area contributed by atoms with Gasteiger partial charge in [-0.05, 0) is 58.9 Å². The molecule has 0 saturated carbocycles. The number of nitrogens with one attached hydrogen (secondary N) is 1. The van der Waals surface area contributed by atoms with E-state index in [9.17, 15) is 14.4 Å². The van der Waals surface area contributed by atoms with Gasteiger partial charge in [-0.25, -0.2) is 0 Å². The summed E-state index contributed by atoms with van der Waals surface area (Å²) in [6, 6.07) is 19.5. The minimum atomic E-state index is -1.28. The smallest absolute Gasteiger partial charge is 0.247 e. The molecule has 8 heteroatoms. The molecule has 38 heavy (non-hydrogen) atoms. The highest BCUT2D eigenvalue weighted by Crippen LogP contribution is 2.69. The van der Waals surface area contributed by atoms with Crippen molar-refractivity contribution in [3.63, 3.8) is 0 Å². The fourth-order valence-electron chi connectivity index (χ4n) is 6.65. The molecule has 7 rings (SSSR count). The maximum absolute atomic E-state index is 14.3. The molecule has 3 aliphatic carbocycles. The Hall–Kier alpha value is -2.67. The summed E-state index contributed by atoms with van der Waals surface area (Å²) < 4.78 is 0.886. The first kappa shape index (κ1) is 25.6. The quantitative estimate of drug-likeness (QED) is 0.278. The van der Waals surface area contributed by atoms with Crippen LogP contribution in [0.3, 0.4) is 0 Å². The highest BCUT2D eigenvalue weighted by molar-refractivity contribution is 9.10. The zero-order valence-corrected chi connectivity index (χ0v) is 24.1. The van der Waals surface area contributed by atoms with Gasteiger partial charge < -0.3 is 5.32 Å². The molecule has 3 aromatic carbocycles. The molecule has 4 aliphatic rings. The van der Waals surface area contributed by atoms with Crippen LogP contribution >= 0.6 is 39.1 Å². The summed E-state index contributed by atoms with van der Waals surface area (Å²) in [4.78, 5) is 40.9. The van der Waals surface area contributed by atoms with Crippen LogP contribution in [-0.4, -0.2) is 28.7 Å². The van der Waals surface area contributed by atoms with Crippen LogP contribution in [0, 0.1) is 24.7 Å². The monoisotopic (exact) mass is 610 g/mol. The Kier molecular flexibility index (Phi) is 5.84. The Balaban J connectivity index is 1.48. The number of benzene rings is 3. The number of amides is 3. The highest BCUT2D eigenvalue weighted by atomic mass is 79.9. The van der Waals surface area contributed by atoms with Crippen molar-refractivity contribution in [3.8, 4) is 0 Å². The number of hydrogen-bond donors (Lipinski definition) is 1. The Bertz CT molecular complexity index is 1420. The number of carbonyl (C=O) groups is 3. The van der Waals surface area contributed by atoms with Crippen molar-refractivity contribution >= 4 is 62.5 Å². The maximum atomic E-state index is 14.3. The van der Waals surface area contributed by atoms with Crippen LogP contribution in [0.25, 0.3) is 0 Å². The normalized spacial score (nSPS) is 27.7. The van der Waals surface area contributed by atoms with Gasteiger partial charge in [0.15, 0.2) is 0 Å². The first-order valence-electron chi connectivity index (χ1n) is 12.5. The van der Waals surface area contributed by atoms with Gasteiger partial charge in [0.05, 0.1) is 11.8 Å². The predicted octanol–water partition coefficient (Wildman–Crippen LogP) is 6.31. The highest BCUT2D eigenvalue weighted by Gasteiger charge is 2.73. The van der Waals surface area contributed by atoms with Crippen molar-refractivity contribution in [2.75, 3.05) is 5.32 Å². The second kappa shape index (κ2) is 8.67. The van der Waals surface area contributed by atoms with E-state index in [-0.39, 0.29) is 5.92 Å². The summed E-state index contributed by atoms with van der Waals surface area (Å²) in [6.07, 6.45) is 0. The van der Waals surface area contributed by atoms with E-state index in [0.717, 1.165) is 37.2 Å². The fourth-order valence-corrected chi connectivity index (χ4v) is 8.23. The minimum absolute atomic E-state index is 0.348. The van der Waals surface area contributed by atoms with E-state index < -0.39 is 45.3 Å². The molecule has 3 atom stereocenters. The molecule has 1 fully saturated rings. The van der Waals surface area contributed by atoms with Crippen LogP contribution in [0.4, 0.5) is 5.69 Å². The van der Waals surface area contributed by atoms with Crippen LogP contribution in [0.2, 0.25) is 0 Å². The number of carbonyl (C=O) groups excluding carboxylic acids is 3. The lowest BCUT2D eigenvalue weighted by molar-refractivity contribution is -0.148. The molecule has 194 valence electrons. The lowest BCUT2D eigenvalue weighted by Gasteiger charge is -2.54. The van der Waals surface area contributed by atoms with Crippen molar-refractivity contribution < 1.29 is 14.4 Å². The first-order valence-corrected chi connectivity index (χ1v) is 14.1. The number of anilines is 1. The van der Waals surface area contributed by atoms with Crippen LogP contribution in [-0.2, 0) is 24.1 Å². The molecule has 2 bridgehead atoms. The third-order valence-corrected chi connectivity index (χ3v) is 10.0. The van der Waals surface area contributed by atoms with E-state index in [1.807, 2.05) is 81.4 Å². The number of halogens is 3. The van der Waals surface area contributed by atoms with Gasteiger partial charge in [0.2, 0.25) is 17.7 Å². The van der Waals surface area contributed by atoms with Gasteiger partial charge in [-0.1, -0.05) is 78.3 Å². The van der Waals surface area contributed by atoms with E-state index >= 15 is 0 Å². The summed E-state index contributed by atoms with van der Waals surface area (Å²) in [6.45, 7) is 5.53. The maximum Gasteiger partial charge on any atom is 0.247 e. The van der Waals surface area contributed by atoms with E-state index in [4.69, 9.17) is 23.2 Å². The number of hydrogen-bond acceptors (Lipinski definition) is 3. The van der Waals surface area contributed by atoms with E-state index in [1.54, 1.807) is 6.07 Å². The molecular formula is C30H25BrCl2N2O3. The molecule has 1 N–H and O–H groups in total. The van der Waals surface area contributed by atoms with Crippen LogP contribution in [0.15, 0.2) is 71.2 Å². The third kappa shape index (κ3) is 3.20. The molecule has 3 aromatic rings. The molecule has 0 radical (unpaired) electrons. The molecule has 1 aliphatic heterocycles. The molecule has 1 heterocycles. The SMILES string of the molecule is Cc1cc(Br)ccc1NC(=O)[C@H](C(C)C)N1C(=O)[C@H]2[C@H](C1=O)C1(Cl)c3ccccc3C2(Cl)c2ccccc21. The fraction of sp³-hybridized carbons (Fsp3) is 0.300. The number of imide groups is 1. The summed E-state index contributed by atoms with van der Waals surface area (Å²) in [5, 5.41) is 2.94. The molecule has 3 amide bonds. The lowest BCUT2D eigenvalue weighted by Crippen LogP contribution is -2.57. The van der Waals surface area contributed by atoms with Crippen LogP contribution < -0.4 is 5.32 Å². The molecular weight excluding hydrogens is 587 g/mol. The van der Waals surface area contributed by atoms with Crippen LogP contribution in [0.5, 0.6) is 0 Å². The Morgan fingerprint density at radius 1 is 0.868 bits per heavy atom. The zero-order valence-electron chi connectivity index (χ0n) is 21.0. The van der Waals surface area contributed by atoms with Gasteiger partial charge in [-0.3, -0.25) is 19.3 Å². The molecule has 1 saturated heterocycles. The van der Waals surface area contributed by atoms with Gasteiger partial charge in [0, 0.05) is 10.2 Å². The lowest BCUT2D eigenvalue weighted by atomic mass is 9.54. The Labute approximate surface area is 239 Å². The van der Waals surface area contributed by atoms with Gasteiger partial charge in [-0.15, -0.1) is 23.2 Å². The van der Waals surface area contributed by atoms with Crippen molar-refractivity contribution in [1.82, 2.24) is 4.90 Å². The second-order valence-electron chi connectivity index (χ2n) is 10.7. The molecule has 5 nitrogen and oxygen atoms in total. The van der Waals surface area contributed by atoms with Gasteiger partial charge in [0.25, 0.3) is 0 Å². The van der Waals surface area contributed by atoms with Crippen molar-refractivity contribution in [1.29, 1.82) is 0 Å². The number of alkyl halides is 2. The van der Waals surface area contributed by atoms with Gasteiger partial charge in [-0.2, -0.15) is 0 Å². The average molecular weight is 612 g/mol. The van der Waals surface area contributed by atoms with Crippen LogP contribution in [0.1, 0.15) is 41.7 Å². The van der Waals surface area contributed by atoms with E-state index in [2.05, 4.69) is 21.2 Å². The van der Waals surface area contributed by atoms with E-state index in [0.29, 0.717) is 5.69 Å². The van der Waals surface area contributed by atoms with Gasteiger partial charge >= 0.3 is 0 Å². The standard InChI is InChI=1S/C30H25BrCl2N2O3/c1-15(2)25(26(36)34-22-13-12-17(31)14-16(22)3)35-27(37)23-24(28(35)38)30(33)19-9-5-4-8-18(19)29(23,32)20-10-6-7-11-21(20)30/h4-15,23-25H,1-3H3,(H,34,36)/t23-,24-,25+,29?,30?/m1/s1. The van der Waals surface area contributed by atoms with Gasteiger partial charge in [0.1, 0.15) is 15.8 Å². The number of nitrogens with zero attached hydrogens (tertiary/aromatic N) is 1. The molecule has 0 unspecified atom stereocenters. The number of aryl methyl sites for hydroxylation is 1. The average Bonchev–Trinajstić information content (AvgIpc) is 3.15. The van der Waals surface area contributed by atoms with Crippen molar-refractivity contribution in [3.05, 3.63) is 99.0 Å². The van der Waals surface area contributed by atoms with Crippen molar-refractivity contribution in [2.45, 2.75) is 36.6 Å². The summed E-state index contributed by atoms with van der Waals surface area (Å²) in [5.74, 6) is -3.60. The summed E-state index contributed by atoms with van der Waals surface area (Å²) >= 11 is 18.5. The summed E-state index contributed by atoms with van der Waals surface area (Å²) in [5.41, 5.74) is 4.40. The predicted molar refractivity (Wildman–Crippen MR) is 151 cm³/mol. The minimum Gasteiger partial charge on any atom is -0.324 e. The Morgan fingerprint density at radius 3 is 1.71 bits per heavy atom. The number of likely N-dealkylation sites (tertiary alicyclic amines) is 1. The molecule has 0 spiro atoms. The zero-order chi connectivity index (χ0) is 27.1. The Morgan fingerprint density at radius 2 is 1.32 bits per heavy atom. The van der Waals surface area contributed by atoms with E-state index in [1.165, 1.54) is 0 Å². The second-order valence-corrected chi connectivity index (χ2v) is 12.8. The van der Waals surface area contributed by atoms with Crippen molar-refractivity contribution in [2.24, 2.45) is 17.8 Å². The molecule has 0 aromatic heterocycles. The largest absolute Gasteiger partial charge is 0.324 e. The number of rotatable bonds is 4. The summed E-state index contributed by atoms with van der Waals surface area (Å²) in [7, 11) is 0. The third-order valence-electron chi connectivity index (χ3n) is 8.24. The topological polar surface area (TPSA) is 66.5 Å². The first-order chi connectivity index (χ1) is 18.0.